The van der Waals surface area contributed by atoms with E-state index in [0.717, 1.165) is 35.7 Å². The number of ether oxygens (including phenoxy) is 1. The number of rotatable bonds is 10. The number of methoxy groups -OCH3 is 1. The maximum Gasteiger partial charge on any atom is 0.331 e. The van der Waals surface area contributed by atoms with Crippen molar-refractivity contribution in [2.75, 3.05) is 7.11 Å². The van der Waals surface area contributed by atoms with Crippen molar-refractivity contribution < 1.29 is 23.9 Å². The molecular formula is C27H32N2O5S. The van der Waals surface area contributed by atoms with E-state index in [2.05, 4.69) is 10.6 Å². The minimum Gasteiger partial charge on any atom is -0.467 e. The molecule has 2 aromatic carbocycles. The fraction of sp³-hybridized carbons (Fsp3) is 0.407. The Kier molecular flexibility index (Phi) is 9.48. The number of hydrogen-bond acceptors (Lipinski definition) is 6. The Morgan fingerprint density at radius 1 is 0.886 bits per heavy atom. The van der Waals surface area contributed by atoms with Gasteiger partial charge in [0.05, 0.1) is 12.4 Å². The van der Waals surface area contributed by atoms with Crippen LogP contribution >= 0.6 is 11.8 Å². The summed E-state index contributed by atoms with van der Waals surface area (Å²) in [7, 11) is 1.31. The summed E-state index contributed by atoms with van der Waals surface area (Å²) in [5, 5.41) is 4.89. The van der Waals surface area contributed by atoms with E-state index >= 15 is 0 Å². The number of hydrogen-bond donors (Lipinski definition) is 2. The molecule has 0 aliphatic heterocycles. The van der Waals surface area contributed by atoms with Gasteiger partial charge in [-0.2, -0.15) is 0 Å². The summed E-state index contributed by atoms with van der Waals surface area (Å²) in [5.41, 5.74) is 0.703. The smallest absolute Gasteiger partial charge is 0.331 e. The molecule has 2 N–H and O–H groups in total. The van der Waals surface area contributed by atoms with E-state index in [1.807, 2.05) is 60.7 Å². The first-order chi connectivity index (χ1) is 16.8. The summed E-state index contributed by atoms with van der Waals surface area (Å²) < 4.78 is 4.98. The van der Waals surface area contributed by atoms with Crippen LogP contribution in [0.15, 0.2) is 60.7 Å². The number of carbonyl (C=O) groups is 4. The average molecular weight is 497 g/mol. The molecule has 0 bridgehead atoms. The summed E-state index contributed by atoms with van der Waals surface area (Å²) >= 11 is 0.946. The van der Waals surface area contributed by atoms with Crippen LogP contribution in [0.4, 0.5) is 0 Å². The maximum atomic E-state index is 13.5. The second-order valence-corrected chi connectivity index (χ2v) is 10.2. The monoisotopic (exact) mass is 496 g/mol. The molecule has 35 heavy (non-hydrogen) atoms. The fourth-order valence-corrected chi connectivity index (χ4v) is 5.27. The molecule has 1 saturated carbocycles. The zero-order chi connectivity index (χ0) is 25.3. The minimum absolute atomic E-state index is 0.180. The number of esters is 1. The second-order valence-electron chi connectivity index (χ2n) is 8.81. The van der Waals surface area contributed by atoms with Crippen LogP contribution in [0.3, 0.4) is 0 Å². The number of thioether (sulfide) groups is 1. The highest BCUT2D eigenvalue weighted by atomic mass is 32.2. The summed E-state index contributed by atoms with van der Waals surface area (Å²) in [6, 6.07) is 17.9. The van der Waals surface area contributed by atoms with E-state index in [9.17, 15) is 19.2 Å². The van der Waals surface area contributed by atoms with Crippen LogP contribution in [0.5, 0.6) is 0 Å². The van der Waals surface area contributed by atoms with Crippen LogP contribution in [0.2, 0.25) is 0 Å². The van der Waals surface area contributed by atoms with Crippen LogP contribution in [-0.2, 0) is 36.8 Å². The Morgan fingerprint density at radius 2 is 1.43 bits per heavy atom. The number of benzene rings is 2. The van der Waals surface area contributed by atoms with Crippen LogP contribution in [-0.4, -0.2) is 46.8 Å². The lowest BCUT2D eigenvalue weighted by atomic mass is 9.96. The molecule has 7 nitrogen and oxygen atoms in total. The fourth-order valence-electron chi connectivity index (χ4n) is 4.42. The topological polar surface area (TPSA) is 102 Å². The minimum atomic E-state index is -1.08. The Labute approximate surface area is 210 Å². The highest BCUT2D eigenvalue weighted by Crippen LogP contribution is 2.31. The van der Waals surface area contributed by atoms with Gasteiger partial charge in [0.25, 0.3) is 0 Å². The lowest BCUT2D eigenvalue weighted by Crippen LogP contribution is -2.59. The molecule has 2 amide bonds. The van der Waals surface area contributed by atoms with E-state index < -0.39 is 34.6 Å². The number of nitrogens with one attached hydrogen (secondary N) is 2. The van der Waals surface area contributed by atoms with Crippen molar-refractivity contribution in [1.82, 2.24) is 10.6 Å². The van der Waals surface area contributed by atoms with Gasteiger partial charge < -0.3 is 15.4 Å². The third-order valence-corrected chi connectivity index (χ3v) is 7.17. The first-order valence-electron chi connectivity index (χ1n) is 11.8. The summed E-state index contributed by atoms with van der Waals surface area (Å²) in [4.78, 5) is 51.2. The highest BCUT2D eigenvalue weighted by molar-refractivity contribution is 8.14. The standard InChI is InChI=1S/C27H32N2O5S/c1-19(30)35-23(18-21-13-7-4-8-14-21)25(32)28-22(17-20-11-5-3-6-12-20)24(31)29-27(26(33)34-2)15-9-10-16-27/h3-8,11-14,22-23H,9-10,15-18H2,1-2H3,(H,28,32)(H,29,31)/t22-,23-/m0/s1. The van der Waals surface area contributed by atoms with Crippen LogP contribution in [0.25, 0.3) is 0 Å². The molecule has 186 valence electrons. The predicted molar refractivity (Wildman–Crippen MR) is 136 cm³/mol. The van der Waals surface area contributed by atoms with Gasteiger partial charge in [-0.15, -0.1) is 0 Å². The van der Waals surface area contributed by atoms with E-state index in [1.165, 1.54) is 14.0 Å². The van der Waals surface area contributed by atoms with E-state index in [0.29, 0.717) is 19.3 Å². The van der Waals surface area contributed by atoms with Gasteiger partial charge in [-0.25, -0.2) is 4.79 Å². The van der Waals surface area contributed by atoms with E-state index in [-0.39, 0.29) is 11.5 Å². The molecule has 0 unspecified atom stereocenters. The molecule has 2 atom stereocenters. The molecule has 0 aromatic heterocycles. The average Bonchev–Trinajstić information content (AvgIpc) is 3.33. The van der Waals surface area contributed by atoms with Crippen molar-refractivity contribution in [2.24, 2.45) is 0 Å². The molecule has 0 heterocycles. The Balaban J connectivity index is 1.82. The molecule has 1 aliphatic carbocycles. The summed E-state index contributed by atoms with van der Waals surface area (Å²) in [6.45, 7) is 1.42. The lowest BCUT2D eigenvalue weighted by Gasteiger charge is -2.30. The van der Waals surface area contributed by atoms with Gasteiger partial charge in [0.2, 0.25) is 11.8 Å². The molecule has 0 radical (unpaired) electrons. The van der Waals surface area contributed by atoms with Gasteiger partial charge in [0.1, 0.15) is 11.6 Å². The van der Waals surface area contributed by atoms with Crippen LogP contribution in [0, 0.1) is 0 Å². The van der Waals surface area contributed by atoms with Crippen LogP contribution < -0.4 is 10.6 Å². The van der Waals surface area contributed by atoms with Crippen molar-refractivity contribution in [1.29, 1.82) is 0 Å². The summed E-state index contributed by atoms with van der Waals surface area (Å²) in [5.74, 6) is -1.31. The molecule has 8 heteroatoms. The molecule has 2 aromatic rings. The Hall–Kier alpha value is -3.13. The van der Waals surface area contributed by atoms with Gasteiger partial charge in [-0.1, -0.05) is 85.3 Å². The normalized spacial score (nSPS) is 16.1. The zero-order valence-corrected chi connectivity index (χ0v) is 20.9. The molecule has 1 aliphatic rings. The first-order valence-corrected chi connectivity index (χ1v) is 12.7. The molecule has 1 fully saturated rings. The van der Waals surface area contributed by atoms with E-state index in [4.69, 9.17) is 4.74 Å². The van der Waals surface area contributed by atoms with Crippen molar-refractivity contribution in [2.45, 2.75) is 62.3 Å². The zero-order valence-electron chi connectivity index (χ0n) is 20.1. The Morgan fingerprint density at radius 3 is 1.94 bits per heavy atom. The third kappa shape index (κ3) is 7.42. The molecular weight excluding hydrogens is 464 g/mol. The number of amides is 2. The van der Waals surface area contributed by atoms with Gasteiger partial charge in [-0.3, -0.25) is 14.4 Å². The van der Waals surface area contributed by atoms with Crippen LogP contribution in [0.1, 0.15) is 43.7 Å². The van der Waals surface area contributed by atoms with Crippen molar-refractivity contribution in [3.05, 3.63) is 71.8 Å². The van der Waals surface area contributed by atoms with Crippen molar-refractivity contribution in [3.63, 3.8) is 0 Å². The highest BCUT2D eigenvalue weighted by Gasteiger charge is 2.44. The Bertz CT molecular complexity index is 1020. The van der Waals surface area contributed by atoms with Gasteiger partial charge in [0.15, 0.2) is 5.12 Å². The second kappa shape index (κ2) is 12.5. The molecule has 0 saturated heterocycles. The van der Waals surface area contributed by atoms with E-state index in [1.54, 1.807) is 0 Å². The quantitative estimate of drug-likeness (QED) is 0.490. The van der Waals surface area contributed by atoms with Gasteiger partial charge in [-0.05, 0) is 30.4 Å². The SMILES string of the molecule is COC(=O)C1(NC(=O)[C@H](Cc2ccccc2)NC(=O)[C@H](Cc2ccccc2)SC(C)=O)CCCC1. The largest absolute Gasteiger partial charge is 0.467 e. The third-order valence-electron chi connectivity index (χ3n) is 6.18. The molecule has 0 spiro atoms. The predicted octanol–water partition coefficient (Wildman–Crippen LogP) is 3.21. The van der Waals surface area contributed by atoms with Gasteiger partial charge >= 0.3 is 5.97 Å². The first kappa shape index (κ1) is 26.5. The van der Waals surface area contributed by atoms with Gasteiger partial charge in [0, 0.05) is 13.3 Å². The van der Waals surface area contributed by atoms with Crippen molar-refractivity contribution in [3.8, 4) is 0 Å². The van der Waals surface area contributed by atoms with Crippen molar-refractivity contribution >= 4 is 34.7 Å². The number of carbonyl (C=O) groups excluding carboxylic acids is 4. The lowest BCUT2D eigenvalue weighted by molar-refractivity contribution is -0.151. The molecule has 3 rings (SSSR count). The summed E-state index contributed by atoms with van der Waals surface area (Å²) in [6.07, 6.45) is 3.20. The maximum absolute atomic E-state index is 13.5.